The lowest BCUT2D eigenvalue weighted by Gasteiger charge is -2.08. The molecule has 14 heavy (non-hydrogen) atoms. The first-order valence-electron chi connectivity index (χ1n) is 4.92. The van der Waals surface area contributed by atoms with Gasteiger partial charge in [0.05, 0.1) is 0 Å². The van der Waals surface area contributed by atoms with Crippen LogP contribution in [0, 0.1) is 6.92 Å². The first-order valence-corrected chi connectivity index (χ1v) is 4.92. The van der Waals surface area contributed by atoms with Gasteiger partial charge < -0.3 is 5.11 Å². The third-order valence-electron chi connectivity index (χ3n) is 2.63. The van der Waals surface area contributed by atoms with Crippen LogP contribution in [0.1, 0.15) is 31.9 Å². The van der Waals surface area contributed by atoms with Crippen molar-refractivity contribution >= 4 is 0 Å². The van der Waals surface area contributed by atoms with E-state index in [0.29, 0.717) is 5.75 Å². The molecule has 0 amide bonds. The van der Waals surface area contributed by atoms with Crippen molar-refractivity contribution in [1.82, 2.24) is 0 Å². The largest absolute Gasteiger partial charge is 0.507 e. The highest BCUT2D eigenvalue weighted by Crippen LogP contribution is 2.24. The number of para-hydroxylation sites is 1. The lowest BCUT2D eigenvalue weighted by Crippen LogP contribution is -1.91. The molecule has 0 saturated heterocycles. The van der Waals surface area contributed by atoms with Crippen molar-refractivity contribution in [2.45, 2.75) is 34.1 Å². The fourth-order valence-electron chi connectivity index (χ4n) is 1.32. The van der Waals surface area contributed by atoms with Gasteiger partial charge in [-0.05, 0) is 45.2 Å². The van der Waals surface area contributed by atoms with Crippen LogP contribution in [0.25, 0.3) is 0 Å². The molecule has 0 heterocycles. The Morgan fingerprint density at radius 3 is 2.43 bits per heavy atom. The molecule has 0 fully saturated rings. The van der Waals surface area contributed by atoms with E-state index in [9.17, 15) is 5.11 Å². The molecule has 1 aromatic rings. The maximum absolute atomic E-state index is 9.81. The van der Waals surface area contributed by atoms with Gasteiger partial charge in [0, 0.05) is 0 Å². The van der Waals surface area contributed by atoms with Crippen molar-refractivity contribution in [1.29, 1.82) is 0 Å². The molecule has 1 aromatic carbocycles. The maximum atomic E-state index is 9.81. The Hall–Kier alpha value is -1.24. The molecule has 0 aliphatic rings. The third-order valence-corrected chi connectivity index (χ3v) is 2.63. The monoisotopic (exact) mass is 190 g/mol. The van der Waals surface area contributed by atoms with E-state index < -0.39 is 0 Å². The van der Waals surface area contributed by atoms with Crippen LogP contribution in [0.2, 0.25) is 0 Å². The summed E-state index contributed by atoms with van der Waals surface area (Å²) in [5.41, 5.74) is 4.62. The molecule has 0 spiro atoms. The zero-order valence-corrected chi connectivity index (χ0v) is 9.39. The van der Waals surface area contributed by atoms with Crippen LogP contribution in [0.4, 0.5) is 0 Å². The summed E-state index contributed by atoms with van der Waals surface area (Å²) >= 11 is 0. The predicted molar refractivity (Wildman–Crippen MR) is 60.6 cm³/mol. The van der Waals surface area contributed by atoms with E-state index in [-0.39, 0.29) is 0 Å². The highest BCUT2D eigenvalue weighted by Gasteiger charge is 2.04. The third kappa shape index (κ3) is 2.38. The lowest BCUT2D eigenvalue weighted by atomic mass is 10.0. The van der Waals surface area contributed by atoms with E-state index in [0.717, 1.165) is 17.5 Å². The molecule has 0 unspecified atom stereocenters. The molecule has 0 radical (unpaired) electrons. The van der Waals surface area contributed by atoms with E-state index in [4.69, 9.17) is 0 Å². The Bertz CT molecular complexity index is 357. The van der Waals surface area contributed by atoms with E-state index in [1.807, 2.05) is 25.1 Å². The molecule has 1 rings (SSSR count). The summed E-state index contributed by atoms with van der Waals surface area (Å²) in [6.45, 7) is 8.23. The van der Waals surface area contributed by atoms with Crippen molar-refractivity contribution in [3.05, 3.63) is 40.5 Å². The van der Waals surface area contributed by atoms with Gasteiger partial charge in [-0.2, -0.15) is 0 Å². The van der Waals surface area contributed by atoms with Gasteiger partial charge in [0.25, 0.3) is 0 Å². The van der Waals surface area contributed by atoms with Crippen LogP contribution in [0.3, 0.4) is 0 Å². The van der Waals surface area contributed by atoms with E-state index in [1.54, 1.807) is 0 Å². The lowest BCUT2D eigenvalue weighted by molar-refractivity contribution is 0.465. The van der Waals surface area contributed by atoms with Gasteiger partial charge in [0.2, 0.25) is 0 Å². The Kier molecular flexibility index (Phi) is 3.34. The summed E-state index contributed by atoms with van der Waals surface area (Å²) in [6.07, 6.45) is 0.843. The minimum Gasteiger partial charge on any atom is -0.507 e. The van der Waals surface area contributed by atoms with Crippen LogP contribution >= 0.6 is 0 Å². The molecule has 1 nitrogen and oxygen atoms in total. The zero-order chi connectivity index (χ0) is 10.7. The average Bonchev–Trinajstić information content (AvgIpc) is 2.12. The van der Waals surface area contributed by atoms with Crippen LogP contribution in [-0.2, 0) is 6.42 Å². The quantitative estimate of drug-likeness (QED) is 0.706. The molecule has 0 aliphatic carbocycles. The maximum Gasteiger partial charge on any atom is 0.121 e. The normalized spacial score (nSPS) is 10.0. The van der Waals surface area contributed by atoms with Crippen LogP contribution in [0.5, 0.6) is 5.75 Å². The first-order chi connectivity index (χ1) is 6.52. The molecule has 1 N–H and O–H groups in total. The molecule has 76 valence electrons. The van der Waals surface area contributed by atoms with Gasteiger partial charge in [-0.15, -0.1) is 0 Å². The topological polar surface area (TPSA) is 20.2 Å². The molecule has 0 saturated carbocycles. The average molecular weight is 190 g/mol. The predicted octanol–water partition coefficient (Wildman–Crippen LogP) is 3.60. The Balaban J connectivity index is 2.99. The standard InChI is InChI=1S/C13H18O/c1-9(2)11(4)8-12-7-5-6-10(3)13(12)14/h5-7,14H,8H2,1-4H3. The number of phenolic OH excluding ortho intramolecular Hbond substituents is 1. The van der Waals surface area contributed by atoms with Gasteiger partial charge in [0.1, 0.15) is 5.75 Å². The minimum absolute atomic E-state index is 0.438. The van der Waals surface area contributed by atoms with Crippen LogP contribution < -0.4 is 0 Å². The van der Waals surface area contributed by atoms with Crippen molar-refractivity contribution in [2.75, 3.05) is 0 Å². The van der Waals surface area contributed by atoms with Gasteiger partial charge >= 0.3 is 0 Å². The second-order valence-corrected chi connectivity index (χ2v) is 4.04. The minimum atomic E-state index is 0.438. The van der Waals surface area contributed by atoms with Gasteiger partial charge in [-0.3, -0.25) is 0 Å². The van der Waals surface area contributed by atoms with Gasteiger partial charge in [0.15, 0.2) is 0 Å². The second-order valence-electron chi connectivity index (χ2n) is 4.04. The van der Waals surface area contributed by atoms with Gasteiger partial charge in [-0.25, -0.2) is 0 Å². The Morgan fingerprint density at radius 2 is 1.86 bits per heavy atom. The second kappa shape index (κ2) is 4.32. The summed E-state index contributed by atoms with van der Waals surface area (Å²) < 4.78 is 0. The number of benzene rings is 1. The van der Waals surface area contributed by atoms with E-state index in [2.05, 4.69) is 20.8 Å². The fraction of sp³-hybridized carbons (Fsp3) is 0.385. The number of hydrogen-bond acceptors (Lipinski definition) is 1. The van der Waals surface area contributed by atoms with Crippen LogP contribution in [-0.4, -0.2) is 5.11 Å². The number of allylic oxidation sites excluding steroid dienone is 2. The molecular weight excluding hydrogens is 172 g/mol. The van der Waals surface area contributed by atoms with E-state index >= 15 is 0 Å². The first kappa shape index (κ1) is 10.8. The Morgan fingerprint density at radius 1 is 1.21 bits per heavy atom. The molecular formula is C13H18O. The molecule has 1 heteroatoms. The summed E-state index contributed by atoms with van der Waals surface area (Å²) in [5, 5.41) is 9.81. The van der Waals surface area contributed by atoms with Gasteiger partial charge in [-0.1, -0.05) is 29.3 Å². The fourth-order valence-corrected chi connectivity index (χ4v) is 1.32. The number of phenols is 1. The number of hydrogen-bond donors (Lipinski definition) is 1. The Labute approximate surface area is 86.1 Å². The molecule has 0 atom stereocenters. The zero-order valence-electron chi connectivity index (χ0n) is 9.39. The number of aromatic hydroxyl groups is 1. The highest BCUT2D eigenvalue weighted by atomic mass is 16.3. The van der Waals surface area contributed by atoms with E-state index in [1.165, 1.54) is 11.1 Å². The molecule has 0 aromatic heterocycles. The summed E-state index contributed by atoms with van der Waals surface area (Å²) in [4.78, 5) is 0. The van der Waals surface area contributed by atoms with Crippen molar-refractivity contribution in [3.63, 3.8) is 0 Å². The SMILES string of the molecule is CC(C)=C(C)Cc1cccc(C)c1O. The summed E-state index contributed by atoms with van der Waals surface area (Å²) in [7, 11) is 0. The summed E-state index contributed by atoms with van der Waals surface area (Å²) in [5.74, 6) is 0.438. The van der Waals surface area contributed by atoms with Crippen molar-refractivity contribution in [3.8, 4) is 5.75 Å². The van der Waals surface area contributed by atoms with Crippen molar-refractivity contribution in [2.24, 2.45) is 0 Å². The number of aryl methyl sites for hydroxylation is 1. The molecule has 0 aliphatic heterocycles. The highest BCUT2D eigenvalue weighted by molar-refractivity contribution is 5.41. The van der Waals surface area contributed by atoms with Crippen molar-refractivity contribution < 1.29 is 5.11 Å². The van der Waals surface area contributed by atoms with Crippen LogP contribution in [0.15, 0.2) is 29.3 Å². The summed E-state index contributed by atoms with van der Waals surface area (Å²) in [6, 6.07) is 5.90. The number of rotatable bonds is 2. The smallest absolute Gasteiger partial charge is 0.121 e. The molecule has 0 bridgehead atoms.